The number of aromatic carboxylic acids is 1. The zero-order valence-corrected chi connectivity index (χ0v) is 8.61. The van der Waals surface area contributed by atoms with Gasteiger partial charge in [-0.25, -0.2) is 4.79 Å². The first-order valence-corrected chi connectivity index (χ1v) is 4.44. The number of carbonyl (C=O) groups is 1. The van der Waals surface area contributed by atoms with Crippen molar-refractivity contribution in [1.82, 2.24) is 0 Å². The highest BCUT2D eigenvalue weighted by atomic mass is 16.5. The summed E-state index contributed by atoms with van der Waals surface area (Å²) in [5.74, 6) is -0.551. The van der Waals surface area contributed by atoms with E-state index < -0.39 is 5.97 Å². The Kier molecular flexibility index (Phi) is 3.38. The number of hydrogen-bond donors (Lipinski definition) is 2. The van der Waals surface area contributed by atoms with Crippen LogP contribution in [0.5, 0.6) is 11.5 Å². The second-order valence-corrected chi connectivity index (χ2v) is 2.79. The molecule has 0 unspecified atom stereocenters. The van der Waals surface area contributed by atoms with Crippen LogP contribution < -0.4 is 15.2 Å². The maximum Gasteiger partial charge on any atom is 0.341 e. The molecule has 0 aliphatic carbocycles. The van der Waals surface area contributed by atoms with Crippen LogP contribution in [-0.2, 0) is 0 Å². The van der Waals surface area contributed by atoms with Crippen molar-refractivity contribution in [2.75, 3.05) is 19.5 Å². The van der Waals surface area contributed by atoms with Crippen molar-refractivity contribution in [2.24, 2.45) is 0 Å². The second kappa shape index (κ2) is 4.54. The molecule has 1 rings (SSSR count). The third-order valence-corrected chi connectivity index (χ3v) is 1.90. The van der Waals surface area contributed by atoms with Crippen LogP contribution in [0.4, 0.5) is 5.69 Å². The number of hydrogen-bond acceptors (Lipinski definition) is 4. The number of carboxylic acids is 1. The molecule has 0 amide bonds. The number of nitrogens with two attached hydrogens (primary N) is 1. The van der Waals surface area contributed by atoms with E-state index >= 15 is 0 Å². The van der Waals surface area contributed by atoms with Gasteiger partial charge in [-0.05, 0) is 19.1 Å². The van der Waals surface area contributed by atoms with Crippen LogP contribution in [0.1, 0.15) is 17.3 Å². The first-order chi connectivity index (χ1) is 7.11. The van der Waals surface area contributed by atoms with Crippen LogP contribution in [0.3, 0.4) is 0 Å². The highest BCUT2D eigenvalue weighted by Crippen LogP contribution is 2.32. The average Bonchev–Trinajstić information content (AvgIpc) is 2.20. The molecule has 0 saturated heterocycles. The van der Waals surface area contributed by atoms with Crippen molar-refractivity contribution in [2.45, 2.75) is 6.92 Å². The molecular formula is C10H13NO4. The molecule has 5 nitrogen and oxygen atoms in total. The van der Waals surface area contributed by atoms with Crippen molar-refractivity contribution >= 4 is 11.7 Å². The van der Waals surface area contributed by atoms with Gasteiger partial charge in [0.2, 0.25) is 0 Å². The number of ether oxygens (including phenoxy) is 2. The Balaban J connectivity index is 3.29. The van der Waals surface area contributed by atoms with Gasteiger partial charge in [-0.2, -0.15) is 0 Å². The van der Waals surface area contributed by atoms with Gasteiger partial charge in [-0.15, -0.1) is 0 Å². The average molecular weight is 211 g/mol. The summed E-state index contributed by atoms with van der Waals surface area (Å²) in [6, 6.07) is 3.11. The normalized spacial score (nSPS) is 9.73. The van der Waals surface area contributed by atoms with Crippen molar-refractivity contribution in [1.29, 1.82) is 0 Å². The highest BCUT2D eigenvalue weighted by molar-refractivity contribution is 5.98. The predicted octanol–water partition coefficient (Wildman–Crippen LogP) is 1.37. The van der Waals surface area contributed by atoms with E-state index in [1.807, 2.05) is 0 Å². The minimum atomic E-state index is -1.13. The number of benzene rings is 1. The fourth-order valence-corrected chi connectivity index (χ4v) is 1.25. The standard InChI is InChI=1S/C10H13NO4/c1-3-15-7-5-4-6(14-2)8(9(7)11)10(12)13/h4-5H,3,11H2,1-2H3,(H,12,13). The Morgan fingerprint density at radius 3 is 2.53 bits per heavy atom. The van der Waals surface area contributed by atoms with E-state index in [9.17, 15) is 4.79 Å². The maximum atomic E-state index is 10.9. The van der Waals surface area contributed by atoms with Gasteiger partial charge in [0.1, 0.15) is 17.1 Å². The lowest BCUT2D eigenvalue weighted by Gasteiger charge is -2.12. The summed E-state index contributed by atoms with van der Waals surface area (Å²) < 4.78 is 10.1. The summed E-state index contributed by atoms with van der Waals surface area (Å²) in [5, 5.41) is 8.95. The fourth-order valence-electron chi connectivity index (χ4n) is 1.25. The summed E-state index contributed by atoms with van der Waals surface area (Å²) in [6.07, 6.45) is 0. The lowest BCUT2D eigenvalue weighted by atomic mass is 10.1. The van der Waals surface area contributed by atoms with E-state index in [0.29, 0.717) is 12.4 Å². The van der Waals surface area contributed by atoms with E-state index in [0.717, 1.165) is 0 Å². The van der Waals surface area contributed by atoms with Crippen LogP contribution >= 0.6 is 0 Å². The topological polar surface area (TPSA) is 81.8 Å². The van der Waals surface area contributed by atoms with Gasteiger partial charge in [-0.1, -0.05) is 0 Å². The maximum absolute atomic E-state index is 10.9. The van der Waals surface area contributed by atoms with E-state index in [1.165, 1.54) is 13.2 Å². The van der Waals surface area contributed by atoms with Gasteiger partial charge in [0.05, 0.1) is 19.4 Å². The van der Waals surface area contributed by atoms with Crippen LogP contribution in [0.15, 0.2) is 12.1 Å². The van der Waals surface area contributed by atoms with Crippen molar-refractivity contribution in [3.05, 3.63) is 17.7 Å². The van der Waals surface area contributed by atoms with Crippen molar-refractivity contribution in [3.63, 3.8) is 0 Å². The van der Waals surface area contributed by atoms with E-state index in [-0.39, 0.29) is 17.0 Å². The highest BCUT2D eigenvalue weighted by Gasteiger charge is 2.18. The molecule has 0 spiro atoms. The van der Waals surface area contributed by atoms with Crippen molar-refractivity contribution in [3.8, 4) is 11.5 Å². The SMILES string of the molecule is CCOc1ccc(OC)c(C(=O)O)c1N. The lowest BCUT2D eigenvalue weighted by Crippen LogP contribution is -2.07. The first-order valence-electron chi connectivity index (χ1n) is 4.44. The Morgan fingerprint density at radius 1 is 1.47 bits per heavy atom. The molecule has 0 atom stereocenters. The molecule has 3 N–H and O–H groups in total. The molecule has 5 heteroatoms. The van der Waals surface area contributed by atoms with Gasteiger partial charge in [0.25, 0.3) is 0 Å². The molecular weight excluding hydrogens is 198 g/mol. The van der Waals surface area contributed by atoms with Gasteiger partial charge in [-0.3, -0.25) is 0 Å². The summed E-state index contributed by atoms with van der Waals surface area (Å²) in [7, 11) is 1.39. The largest absolute Gasteiger partial charge is 0.496 e. The van der Waals surface area contributed by atoms with Gasteiger partial charge in [0.15, 0.2) is 0 Å². The molecule has 0 heterocycles. The summed E-state index contributed by atoms with van der Waals surface area (Å²) in [5.41, 5.74) is 5.68. The summed E-state index contributed by atoms with van der Waals surface area (Å²) >= 11 is 0. The summed E-state index contributed by atoms with van der Waals surface area (Å²) in [4.78, 5) is 10.9. The fraction of sp³-hybridized carbons (Fsp3) is 0.300. The molecule has 0 saturated carbocycles. The van der Waals surface area contributed by atoms with Gasteiger partial charge < -0.3 is 20.3 Å². The molecule has 1 aromatic rings. The molecule has 82 valence electrons. The van der Waals surface area contributed by atoms with E-state index in [4.69, 9.17) is 20.3 Å². The molecule has 0 bridgehead atoms. The quantitative estimate of drug-likeness (QED) is 0.735. The zero-order valence-electron chi connectivity index (χ0n) is 8.61. The van der Waals surface area contributed by atoms with E-state index in [1.54, 1.807) is 13.0 Å². The predicted molar refractivity (Wildman–Crippen MR) is 55.5 cm³/mol. The van der Waals surface area contributed by atoms with Gasteiger partial charge >= 0.3 is 5.97 Å². The van der Waals surface area contributed by atoms with Crippen molar-refractivity contribution < 1.29 is 19.4 Å². The van der Waals surface area contributed by atoms with E-state index in [2.05, 4.69) is 0 Å². The number of nitrogen functional groups attached to an aromatic ring is 1. The number of carboxylic acid groups (broad SMARTS) is 1. The third kappa shape index (κ3) is 2.12. The Bertz CT molecular complexity index is 376. The number of anilines is 1. The molecule has 0 aliphatic rings. The van der Waals surface area contributed by atoms with Crippen LogP contribution in [0, 0.1) is 0 Å². The molecule has 0 fully saturated rings. The molecule has 1 aromatic carbocycles. The number of rotatable bonds is 4. The monoisotopic (exact) mass is 211 g/mol. The summed E-state index contributed by atoms with van der Waals surface area (Å²) in [6.45, 7) is 2.22. The second-order valence-electron chi connectivity index (χ2n) is 2.79. The third-order valence-electron chi connectivity index (χ3n) is 1.90. The van der Waals surface area contributed by atoms with Crippen LogP contribution in [0.2, 0.25) is 0 Å². The smallest absolute Gasteiger partial charge is 0.341 e. The van der Waals surface area contributed by atoms with Crippen LogP contribution in [-0.4, -0.2) is 24.8 Å². The Morgan fingerprint density at radius 2 is 2.07 bits per heavy atom. The minimum Gasteiger partial charge on any atom is -0.496 e. The van der Waals surface area contributed by atoms with Gasteiger partial charge in [0, 0.05) is 0 Å². The Labute approximate surface area is 87.4 Å². The zero-order chi connectivity index (χ0) is 11.4. The van der Waals surface area contributed by atoms with Crippen LogP contribution in [0.25, 0.3) is 0 Å². The lowest BCUT2D eigenvalue weighted by molar-refractivity contribution is 0.0694. The molecule has 0 aromatic heterocycles. The molecule has 15 heavy (non-hydrogen) atoms. The minimum absolute atomic E-state index is 0.0662. The molecule has 0 radical (unpaired) electrons. The Hall–Kier alpha value is -1.91. The molecule has 0 aliphatic heterocycles. The number of methoxy groups -OCH3 is 1. The first kappa shape index (κ1) is 11.2.